The summed E-state index contributed by atoms with van der Waals surface area (Å²) in [6.07, 6.45) is 0. The average Bonchev–Trinajstić information content (AvgIpc) is 3.11. The van der Waals surface area contributed by atoms with Gasteiger partial charge in [-0.15, -0.1) is 16.3 Å². The highest BCUT2D eigenvalue weighted by molar-refractivity contribution is 7.09. The van der Waals surface area contributed by atoms with Crippen molar-refractivity contribution in [2.75, 3.05) is 10.1 Å². The maximum Gasteiger partial charge on any atom is 0.109 e. The summed E-state index contributed by atoms with van der Waals surface area (Å²) in [5.41, 5.74) is 4.19. The van der Waals surface area contributed by atoms with E-state index in [4.69, 9.17) is 4.94 Å². The number of hydrogen-bond acceptors (Lipinski definition) is 4. The summed E-state index contributed by atoms with van der Waals surface area (Å²) in [5.74, 6) is 0. The quantitative estimate of drug-likeness (QED) is 0.665. The van der Waals surface area contributed by atoms with Crippen molar-refractivity contribution in [2.45, 2.75) is 0 Å². The number of rotatable bonds is 2. The molecule has 0 bridgehead atoms. The van der Waals surface area contributed by atoms with Crippen LogP contribution in [0.1, 0.15) is 0 Å². The molecule has 0 unspecified atom stereocenters. The maximum absolute atomic E-state index is 6.02. The van der Waals surface area contributed by atoms with Crippen LogP contribution >= 0.6 is 11.3 Å². The number of hydrogen-bond donors (Lipinski definition) is 0. The van der Waals surface area contributed by atoms with Crippen molar-refractivity contribution in [1.82, 2.24) is 0 Å². The molecule has 0 fully saturated rings. The second-order valence-corrected chi connectivity index (χ2v) is 5.23. The Balaban J connectivity index is 1.77. The summed E-state index contributed by atoms with van der Waals surface area (Å²) < 4.78 is 0. The molecular weight excluding hydrogens is 268 g/mol. The van der Waals surface area contributed by atoms with Crippen LogP contribution in [0.3, 0.4) is 0 Å². The first kappa shape index (κ1) is 11.5. The fourth-order valence-electron chi connectivity index (χ4n) is 2.26. The Labute approximate surface area is 121 Å². The highest BCUT2D eigenvalue weighted by atomic mass is 32.1. The van der Waals surface area contributed by atoms with Crippen molar-refractivity contribution in [1.29, 1.82) is 0 Å². The summed E-state index contributed by atoms with van der Waals surface area (Å²) >= 11 is 1.68. The molecule has 1 aromatic heterocycles. The third-order valence-corrected chi connectivity index (χ3v) is 3.92. The van der Waals surface area contributed by atoms with Gasteiger partial charge in [-0.1, -0.05) is 36.4 Å². The zero-order valence-electron chi connectivity index (χ0n) is 10.6. The number of thiophene rings is 1. The summed E-state index contributed by atoms with van der Waals surface area (Å²) in [6, 6.07) is 20.2. The molecule has 0 radical (unpaired) electrons. The largest absolute Gasteiger partial charge is 0.194 e. The molecule has 3 aromatic rings. The van der Waals surface area contributed by atoms with Crippen LogP contribution in [0.5, 0.6) is 0 Å². The standard InChI is InChI=1S/C16H12N2OS/c1-3-7-13(8-4-1)17-15-11-20-12-16(15)18(19-17)14-9-5-2-6-10-14/h1-12H. The monoisotopic (exact) mass is 280 g/mol. The first-order chi connectivity index (χ1) is 9.93. The normalized spacial score (nSPS) is 13.6. The fourth-order valence-corrected chi connectivity index (χ4v) is 3.02. The summed E-state index contributed by atoms with van der Waals surface area (Å²) in [6.45, 7) is 0. The van der Waals surface area contributed by atoms with Crippen LogP contribution in [0, 0.1) is 0 Å². The van der Waals surface area contributed by atoms with Crippen LogP contribution in [0.4, 0.5) is 22.7 Å². The van der Waals surface area contributed by atoms with Crippen LogP contribution in [-0.2, 0) is 4.94 Å². The van der Waals surface area contributed by atoms with E-state index in [2.05, 4.69) is 10.8 Å². The Hall–Kier alpha value is -2.30. The predicted molar refractivity (Wildman–Crippen MR) is 82.6 cm³/mol. The molecule has 3 nitrogen and oxygen atoms in total. The zero-order valence-corrected chi connectivity index (χ0v) is 11.5. The second-order valence-electron chi connectivity index (χ2n) is 4.48. The topological polar surface area (TPSA) is 15.7 Å². The van der Waals surface area contributed by atoms with Crippen LogP contribution in [-0.4, -0.2) is 0 Å². The second kappa shape index (κ2) is 4.67. The molecule has 0 saturated heterocycles. The lowest BCUT2D eigenvalue weighted by atomic mass is 10.3. The maximum atomic E-state index is 6.02. The Bertz CT molecular complexity index is 652. The number of anilines is 4. The van der Waals surface area contributed by atoms with Crippen molar-refractivity contribution < 1.29 is 4.94 Å². The van der Waals surface area contributed by atoms with Crippen LogP contribution < -0.4 is 10.1 Å². The van der Waals surface area contributed by atoms with E-state index in [1.807, 2.05) is 70.8 Å². The van der Waals surface area contributed by atoms with Crippen molar-refractivity contribution in [3.63, 3.8) is 0 Å². The number of benzene rings is 2. The van der Waals surface area contributed by atoms with Crippen molar-refractivity contribution in [3.05, 3.63) is 71.4 Å². The molecule has 2 aromatic carbocycles. The molecule has 4 heteroatoms. The van der Waals surface area contributed by atoms with Crippen LogP contribution in [0.2, 0.25) is 0 Å². The van der Waals surface area contributed by atoms with E-state index in [-0.39, 0.29) is 0 Å². The lowest BCUT2D eigenvalue weighted by molar-refractivity contribution is 0.156. The van der Waals surface area contributed by atoms with Gasteiger partial charge in [-0.05, 0) is 24.3 Å². The molecule has 0 aliphatic carbocycles. The molecule has 0 N–H and O–H groups in total. The first-order valence-electron chi connectivity index (χ1n) is 6.38. The van der Waals surface area contributed by atoms with Gasteiger partial charge in [0.15, 0.2) is 0 Å². The first-order valence-corrected chi connectivity index (χ1v) is 7.32. The summed E-state index contributed by atoms with van der Waals surface area (Å²) in [5, 5.41) is 7.92. The highest BCUT2D eigenvalue weighted by Crippen LogP contribution is 2.46. The van der Waals surface area contributed by atoms with E-state index < -0.39 is 0 Å². The van der Waals surface area contributed by atoms with Gasteiger partial charge < -0.3 is 0 Å². The molecule has 0 saturated carbocycles. The van der Waals surface area contributed by atoms with Gasteiger partial charge in [0.05, 0.1) is 11.4 Å². The Morgan fingerprint density at radius 2 is 1.10 bits per heavy atom. The predicted octanol–water partition coefficient (Wildman–Crippen LogP) is 4.88. The van der Waals surface area contributed by atoms with E-state index in [1.165, 1.54) is 0 Å². The van der Waals surface area contributed by atoms with E-state index in [1.54, 1.807) is 11.3 Å². The van der Waals surface area contributed by atoms with Gasteiger partial charge >= 0.3 is 0 Å². The molecule has 0 spiro atoms. The highest BCUT2D eigenvalue weighted by Gasteiger charge is 2.30. The third kappa shape index (κ3) is 1.78. The fraction of sp³-hybridized carbons (Fsp3) is 0. The van der Waals surface area contributed by atoms with E-state index in [9.17, 15) is 0 Å². The SMILES string of the molecule is c1ccc(N2ON(c3ccccc3)c3cscc32)cc1. The molecule has 4 rings (SSSR count). The van der Waals surface area contributed by atoms with Gasteiger partial charge in [0.1, 0.15) is 11.4 Å². The van der Waals surface area contributed by atoms with Gasteiger partial charge in [-0.25, -0.2) is 0 Å². The Kier molecular flexibility index (Phi) is 2.69. The molecule has 0 atom stereocenters. The van der Waals surface area contributed by atoms with Crippen molar-refractivity contribution in [3.8, 4) is 0 Å². The molecule has 1 aliphatic rings. The van der Waals surface area contributed by atoms with Gasteiger partial charge in [0, 0.05) is 10.8 Å². The summed E-state index contributed by atoms with van der Waals surface area (Å²) in [4.78, 5) is 6.02. The minimum atomic E-state index is 1.02. The number of nitrogens with zero attached hydrogens (tertiary/aromatic N) is 2. The van der Waals surface area contributed by atoms with Gasteiger partial charge in [0.2, 0.25) is 0 Å². The van der Waals surface area contributed by atoms with E-state index in [0.29, 0.717) is 0 Å². The van der Waals surface area contributed by atoms with Gasteiger partial charge in [-0.2, -0.15) is 10.1 Å². The van der Waals surface area contributed by atoms with Gasteiger partial charge in [-0.3, -0.25) is 0 Å². The minimum Gasteiger partial charge on any atom is -0.194 e. The van der Waals surface area contributed by atoms with Crippen LogP contribution in [0.25, 0.3) is 0 Å². The Morgan fingerprint density at radius 1 is 0.650 bits per heavy atom. The lowest BCUT2D eigenvalue weighted by Gasteiger charge is -2.20. The molecule has 98 valence electrons. The average molecular weight is 280 g/mol. The van der Waals surface area contributed by atoms with Crippen LogP contribution in [0.15, 0.2) is 71.4 Å². The van der Waals surface area contributed by atoms with Gasteiger partial charge in [0.25, 0.3) is 0 Å². The smallest absolute Gasteiger partial charge is 0.109 e. The van der Waals surface area contributed by atoms with Crippen molar-refractivity contribution in [2.24, 2.45) is 0 Å². The summed E-state index contributed by atoms with van der Waals surface area (Å²) in [7, 11) is 0. The molecule has 0 amide bonds. The lowest BCUT2D eigenvalue weighted by Crippen LogP contribution is -2.20. The van der Waals surface area contributed by atoms with E-state index in [0.717, 1.165) is 22.7 Å². The molecule has 1 aliphatic heterocycles. The van der Waals surface area contributed by atoms with E-state index >= 15 is 0 Å². The molecule has 2 heterocycles. The number of para-hydroxylation sites is 2. The molecule has 20 heavy (non-hydrogen) atoms. The third-order valence-electron chi connectivity index (χ3n) is 3.20. The zero-order chi connectivity index (χ0) is 13.4. The Morgan fingerprint density at radius 3 is 1.55 bits per heavy atom. The minimum absolute atomic E-state index is 1.02. The number of fused-ring (bicyclic) bond motifs is 1. The molecular formula is C16H12N2OS. The van der Waals surface area contributed by atoms with Crippen molar-refractivity contribution >= 4 is 34.1 Å².